The van der Waals surface area contributed by atoms with Gasteiger partial charge in [-0.2, -0.15) is 0 Å². The van der Waals surface area contributed by atoms with Gasteiger partial charge in [-0.15, -0.1) is 0 Å². The highest BCUT2D eigenvalue weighted by molar-refractivity contribution is 5.90. The fourth-order valence-corrected chi connectivity index (χ4v) is 8.86. The Morgan fingerprint density at radius 3 is 1.45 bits per heavy atom. The smallest absolute Gasteiger partial charge is 0.325 e. The van der Waals surface area contributed by atoms with Crippen LogP contribution in [0.15, 0.2) is 0 Å². The predicted molar refractivity (Wildman–Crippen MR) is 271 cm³/mol. The SMILES string of the molecule is CCCCCCCCCCCCCC(=O)N[C@@H](CO[C@@H]1O[C@H](CO)[C@@H](O)[C@H](O)[C@H]1NC(=O)C[C@@H](CCCCCCCCCCC)OC(=O)CCCCCCCCCCCCC)C(=O)N[C@H](C)C(=O)O. The van der Waals surface area contributed by atoms with Crippen molar-refractivity contribution in [2.24, 2.45) is 0 Å². The van der Waals surface area contributed by atoms with Crippen LogP contribution in [0.25, 0.3) is 0 Å². The lowest BCUT2D eigenvalue weighted by molar-refractivity contribution is -0.271. The van der Waals surface area contributed by atoms with Crippen LogP contribution in [0.1, 0.15) is 252 Å². The highest BCUT2D eigenvalue weighted by atomic mass is 16.7. The van der Waals surface area contributed by atoms with Crippen LogP contribution in [0.4, 0.5) is 0 Å². The van der Waals surface area contributed by atoms with Gasteiger partial charge >= 0.3 is 11.9 Å². The lowest BCUT2D eigenvalue weighted by Gasteiger charge is -2.42. The van der Waals surface area contributed by atoms with Gasteiger partial charge in [0.1, 0.15) is 42.5 Å². The number of carbonyl (C=O) groups is 5. The van der Waals surface area contributed by atoms with Gasteiger partial charge in [0.25, 0.3) is 0 Å². The molecule has 0 unspecified atom stereocenters. The van der Waals surface area contributed by atoms with Crippen molar-refractivity contribution < 1.29 is 58.6 Å². The van der Waals surface area contributed by atoms with Crippen LogP contribution in [0.2, 0.25) is 0 Å². The molecule has 3 amide bonds. The summed E-state index contributed by atoms with van der Waals surface area (Å²) < 4.78 is 17.7. The van der Waals surface area contributed by atoms with Gasteiger partial charge in [-0.05, 0) is 32.6 Å². The van der Waals surface area contributed by atoms with E-state index in [1.807, 2.05) is 0 Å². The molecule has 0 aromatic carbocycles. The molecule has 0 aromatic rings. The summed E-state index contributed by atoms with van der Waals surface area (Å²) in [7, 11) is 0. The van der Waals surface area contributed by atoms with E-state index in [0.717, 1.165) is 70.6 Å². The number of carbonyl (C=O) groups excluding carboxylic acids is 4. The van der Waals surface area contributed by atoms with Crippen LogP contribution < -0.4 is 16.0 Å². The second-order valence-corrected chi connectivity index (χ2v) is 19.8. The van der Waals surface area contributed by atoms with Gasteiger partial charge in [-0.25, -0.2) is 0 Å². The zero-order valence-corrected chi connectivity index (χ0v) is 43.8. The summed E-state index contributed by atoms with van der Waals surface area (Å²) in [6.45, 7) is 6.65. The van der Waals surface area contributed by atoms with Gasteiger partial charge in [-0.3, -0.25) is 24.0 Å². The van der Waals surface area contributed by atoms with E-state index in [0.29, 0.717) is 19.3 Å². The lowest BCUT2D eigenvalue weighted by atomic mass is 9.96. The molecular formula is C54H101N3O12. The molecule has 15 nitrogen and oxygen atoms in total. The molecule has 0 saturated carbocycles. The number of nitrogens with one attached hydrogen (secondary N) is 3. The van der Waals surface area contributed by atoms with E-state index in [9.17, 15) is 44.4 Å². The predicted octanol–water partition coefficient (Wildman–Crippen LogP) is 9.63. The van der Waals surface area contributed by atoms with E-state index >= 15 is 0 Å². The average molecular weight is 984 g/mol. The fraction of sp³-hybridized carbons (Fsp3) is 0.907. The number of aliphatic carboxylic acids is 1. The molecule has 1 aliphatic rings. The number of ether oxygens (including phenoxy) is 3. The van der Waals surface area contributed by atoms with Crippen LogP contribution in [0.5, 0.6) is 0 Å². The molecule has 69 heavy (non-hydrogen) atoms. The van der Waals surface area contributed by atoms with E-state index in [1.54, 1.807) is 0 Å². The van der Waals surface area contributed by atoms with E-state index in [2.05, 4.69) is 36.7 Å². The third-order valence-corrected chi connectivity index (χ3v) is 13.3. The molecule has 0 bridgehead atoms. The molecule has 8 atom stereocenters. The van der Waals surface area contributed by atoms with E-state index in [1.165, 1.54) is 122 Å². The van der Waals surface area contributed by atoms with Gasteiger partial charge in [-0.1, -0.05) is 201 Å². The minimum Gasteiger partial charge on any atom is -0.480 e. The topological polar surface area (TPSA) is 230 Å². The minimum absolute atomic E-state index is 0.134. The van der Waals surface area contributed by atoms with Crippen molar-refractivity contribution in [1.29, 1.82) is 0 Å². The third-order valence-electron chi connectivity index (χ3n) is 13.3. The van der Waals surface area contributed by atoms with E-state index in [4.69, 9.17) is 14.2 Å². The van der Waals surface area contributed by atoms with Gasteiger partial charge in [0, 0.05) is 12.8 Å². The Labute approximate surface area is 417 Å². The van der Waals surface area contributed by atoms with Crippen molar-refractivity contribution in [3.63, 3.8) is 0 Å². The number of carboxylic acids is 1. The molecule has 7 N–H and O–H groups in total. The van der Waals surface area contributed by atoms with Gasteiger partial charge in [0.15, 0.2) is 6.29 Å². The standard InChI is InChI=1S/C54H101N3O12/c1-5-8-11-14-17-20-22-25-28-31-34-37-46(59)56-44(52(64)55-42(4)53(65)66)41-67-54-49(51(63)50(62)45(40-58)69-54)57-47(60)39-43(36-33-30-27-24-19-16-13-10-7-3)68-48(61)38-35-32-29-26-23-21-18-15-12-9-6-2/h42-45,49-51,54,58,62-63H,5-41H2,1-4H3,(H,55,64)(H,56,59)(H,57,60)(H,65,66)/t42-,43-,44+,45-,49-,50-,51-,54-/m1/s1. The molecular weight excluding hydrogens is 883 g/mol. The molecule has 1 heterocycles. The first-order chi connectivity index (χ1) is 33.4. The number of amides is 3. The number of esters is 1. The monoisotopic (exact) mass is 984 g/mol. The molecule has 1 aliphatic heterocycles. The van der Waals surface area contributed by atoms with Gasteiger partial charge in [0.05, 0.1) is 19.6 Å². The fourth-order valence-electron chi connectivity index (χ4n) is 8.86. The maximum absolute atomic E-state index is 13.8. The van der Waals surface area contributed by atoms with Crippen molar-refractivity contribution in [3.8, 4) is 0 Å². The van der Waals surface area contributed by atoms with E-state index in [-0.39, 0.29) is 25.2 Å². The lowest BCUT2D eigenvalue weighted by Crippen LogP contribution is -2.65. The van der Waals surface area contributed by atoms with Crippen molar-refractivity contribution in [1.82, 2.24) is 16.0 Å². The second-order valence-electron chi connectivity index (χ2n) is 19.8. The Balaban J connectivity index is 2.96. The average Bonchev–Trinajstić information content (AvgIpc) is 3.32. The van der Waals surface area contributed by atoms with Crippen molar-refractivity contribution >= 4 is 29.7 Å². The molecule has 15 heteroatoms. The summed E-state index contributed by atoms with van der Waals surface area (Å²) in [5, 5.41) is 49.2. The number of aliphatic hydroxyl groups excluding tert-OH is 3. The minimum atomic E-state index is -1.68. The van der Waals surface area contributed by atoms with Crippen molar-refractivity contribution in [3.05, 3.63) is 0 Å². The number of hydrogen-bond acceptors (Lipinski definition) is 11. The largest absolute Gasteiger partial charge is 0.480 e. The molecule has 1 saturated heterocycles. The normalized spacial score (nSPS) is 19.4. The van der Waals surface area contributed by atoms with Gasteiger partial charge in [0.2, 0.25) is 17.7 Å². The Morgan fingerprint density at radius 1 is 0.565 bits per heavy atom. The van der Waals surface area contributed by atoms with Crippen molar-refractivity contribution in [2.45, 2.75) is 301 Å². The zero-order chi connectivity index (χ0) is 50.9. The second kappa shape index (κ2) is 42.8. The highest BCUT2D eigenvalue weighted by Gasteiger charge is 2.46. The van der Waals surface area contributed by atoms with Crippen LogP contribution in [0.3, 0.4) is 0 Å². The first-order valence-electron chi connectivity index (χ1n) is 27.9. The molecule has 404 valence electrons. The van der Waals surface area contributed by atoms with Crippen LogP contribution >= 0.6 is 0 Å². The summed E-state index contributed by atoms with van der Waals surface area (Å²) in [4.78, 5) is 64.9. The maximum atomic E-state index is 13.8. The first kappa shape index (κ1) is 64.2. The number of hydrogen-bond donors (Lipinski definition) is 7. The Morgan fingerprint density at radius 2 is 1.00 bits per heavy atom. The summed E-state index contributed by atoms with van der Waals surface area (Å²) in [6.07, 6.45) is 28.6. The number of rotatable bonds is 46. The summed E-state index contributed by atoms with van der Waals surface area (Å²) in [6, 6.07) is -4.07. The van der Waals surface area contributed by atoms with Crippen molar-refractivity contribution in [2.75, 3.05) is 13.2 Å². The van der Waals surface area contributed by atoms with Crippen LogP contribution in [0, 0.1) is 0 Å². The molecule has 0 spiro atoms. The van der Waals surface area contributed by atoms with E-state index < -0.39 is 85.7 Å². The van der Waals surface area contributed by atoms with Gasteiger partial charge < -0.3 is 50.6 Å². The summed E-state index contributed by atoms with van der Waals surface area (Å²) in [5.74, 6) is -3.52. The zero-order valence-electron chi connectivity index (χ0n) is 43.8. The Hall–Kier alpha value is -2.85. The highest BCUT2D eigenvalue weighted by Crippen LogP contribution is 2.24. The van der Waals surface area contributed by atoms with Crippen LogP contribution in [-0.2, 0) is 38.2 Å². The Bertz CT molecular complexity index is 1320. The molecule has 0 aromatic heterocycles. The Kier molecular flexibility index (Phi) is 39.8. The third kappa shape index (κ3) is 32.7. The first-order valence-corrected chi connectivity index (χ1v) is 27.9. The number of carboxylic acid groups (broad SMARTS) is 1. The quantitative estimate of drug-likeness (QED) is 0.0223. The van der Waals surface area contributed by atoms with Crippen LogP contribution in [-0.4, -0.2) is 112 Å². The molecule has 0 aliphatic carbocycles. The maximum Gasteiger partial charge on any atom is 0.325 e. The summed E-state index contributed by atoms with van der Waals surface area (Å²) >= 11 is 0. The number of aliphatic hydroxyl groups is 3. The molecule has 1 rings (SSSR count). The number of unbranched alkanes of at least 4 members (excludes halogenated alkanes) is 28. The summed E-state index contributed by atoms with van der Waals surface area (Å²) in [5.41, 5.74) is 0. The molecule has 0 radical (unpaired) electrons. The molecule has 1 fully saturated rings.